The molecule has 3 rings (SSSR count). The molecule has 2 unspecified atom stereocenters. The number of hydrogen-bond acceptors (Lipinski definition) is 5. The van der Waals surface area contributed by atoms with Crippen LogP contribution in [0.5, 0.6) is 0 Å². The molecule has 4 nitrogen and oxygen atoms in total. The molecule has 0 bridgehead atoms. The minimum absolute atomic E-state index is 0. The van der Waals surface area contributed by atoms with E-state index >= 15 is 0 Å². The van der Waals surface area contributed by atoms with E-state index in [4.69, 9.17) is 15.1 Å². The van der Waals surface area contributed by atoms with Crippen molar-refractivity contribution in [1.29, 1.82) is 0 Å². The number of piperidine rings is 1. The van der Waals surface area contributed by atoms with E-state index in [-0.39, 0.29) is 18.4 Å². The maximum atomic E-state index is 6.15. The van der Waals surface area contributed by atoms with Crippen molar-refractivity contribution >= 4 is 23.7 Å². The number of oxazole rings is 1. The normalized spacial score (nSPS) is 20.6. The number of aromatic nitrogens is 1. The molecule has 0 radical (unpaired) electrons. The van der Waals surface area contributed by atoms with Crippen LogP contribution in [-0.4, -0.2) is 28.5 Å². The summed E-state index contributed by atoms with van der Waals surface area (Å²) in [5.74, 6) is 1.67. The van der Waals surface area contributed by atoms with Gasteiger partial charge in [-0.15, -0.1) is 23.7 Å². The minimum atomic E-state index is 0. The highest BCUT2D eigenvalue weighted by atomic mass is 35.5. The summed E-state index contributed by atoms with van der Waals surface area (Å²) < 4.78 is 5.84. The number of halogens is 1. The smallest absolute Gasteiger partial charge is 0.236 e. The molecule has 1 aliphatic heterocycles. The van der Waals surface area contributed by atoms with Crippen LogP contribution < -0.4 is 5.73 Å². The van der Waals surface area contributed by atoms with Gasteiger partial charge in [-0.1, -0.05) is 12.5 Å². The molecule has 0 saturated carbocycles. The van der Waals surface area contributed by atoms with Gasteiger partial charge in [-0.05, 0) is 44.7 Å². The van der Waals surface area contributed by atoms with E-state index in [1.807, 2.05) is 24.4 Å². The van der Waals surface area contributed by atoms with E-state index in [9.17, 15) is 0 Å². The highest BCUT2D eigenvalue weighted by Gasteiger charge is 2.27. The molecule has 1 saturated heterocycles. The molecule has 1 aliphatic rings. The third-order valence-electron chi connectivity index (χ3n) is 4.25. The standard InChI is InChI=1S/C16H23N3OS.ClH/c1-11(17)14-6-3-4-8-19(14)10-13-12(2)20-16(18-13)15-7-5-9-21-15;/h5,7,9,11,14H,3-4,6,8,10,17H2,1-2H3;1H. The zero-order valence-electron chi connectivity index (χ0n) is 13.1. The van der Waals surface area contributed by atoms with Crippen LogP contribution in [0.3, 0.4) is 0 Å². The first-order valence-corrected chi connectivity index (χ1v) is 8.53. The molecule has 22 heavy (non-hydrogen) atoms. The number of rotatable bonds is 4. The number of likely N-dealkylation sites (tertiary alicyclic amines) is 1. The largest absolute Gasteiger partial charge is 0.440 e. The third-order valence-corrected chi connectivity index (χ3v) is 5.11. The van der Waals surface area contributed by atoms with Crippen LogP contribution in [-0.2, 0) is 6.54 Å². The Kier molecular flexibility index (Phi) is 6.03. The maximum absolute atomic E-state index is 6.15. The molecular formula is C16H24ClN3OS. The van der Waals surface area contributed by atoms with Crippen LogP contribution in [0.1, 0.15) is 37.6 Å². The first-order chi connectivity index (χ1) is 10.1. The lowest BCUT2D eigenvalue weighted by Gasteiger charge is -2.37. The molecule has 2 N–H and O–H groups in total. The van der Waals surface area contributed by atoms with E-state index < -0.39 is 0 Å². The van der Waals surface area contributed by atoms with Crippen molar-refractivity contribution in [2.75, 3.05) is 6.54 Å². The van der Waals surface area contributed by atoms with Crippen molar-refractivity contribution < 1.29 is 4.42 Å². The van der Waals surface area contributed by atoms with Crippen LogP contribution in [0.25, 0.3) is 10.8 Å². The Morgan fingerprint density at radius 2 is 2.32 bits per heavy atom. The Balaban J connectivity index is 0.00000176. The molecule has 3 heterocycles. The van der Waals surface area contributed by atoms with Gasteiger partial charge in [0.15, 0.2) is 0 Å². The van der Waals surface area contributed by atoms with Gasteiger partial charge in [0.2, 0.25) is 5.89 Å². The number of hydrogen-bond donors (Lipinski definition) is 1. The summed E-state index contributed by atoms with van der Waals surface area (Å²) in [5.41, 5.74) is 7.19. The van der Waals surface area contributed by atoms with Gasteiger partial charge in [0.1, 0.15) is 5.76 Å². The second-order valence-corrected chi connectivity index (χ2v) is 6.84. The van der Waals surface area contributed by atoms with Gasteiger partial charge in [-0.25, -0.2) is 4.98 Å². The third kappa shape index (κ3) is 3.71. The fourth-order valence-corrected chi connectivity index (χ4v) is 3.73. The van der Waals surface area contributed by atoms with Crippen molar-refractivity contribution in [2.45, 2.75) is 51.7 Å². The Morgan fingerprint density at radius 3 is 3.00 bits per heavy atom. The maximum Gasteiger partial charge on any atom is 0.236 e. The molecule has 2 atom stereocenters. The number of nitrogens with zero attached hydrogens (tertiary/aromatic N) is 2. The van der Waals surface area contributed by atoms with E-state index in [0.717, 1.165) is 35.3 Å². The van der Waals surface area contributed by atoms with Gasteiger partial charge in [0.05, 0.1) is 10.6 Å². The zero-order chi connectivity index (χ0) is 14.8. The monoisotopic (exact) mass is 341 g/mol. The van der Waals surface area contributed by atoms with Gasteiger partial charge in [0, 0.05) is 18.6 Å². The van der Waals surface area contributed by atoms with Crippen molar-refractivity contribution in [3.05, 3.63) is 29.0 Å². The Bertz CT molecular complexity index is 582. The van der Waals surface area contributed by atoms with Crippen molar-refractivity contribution in [3.8, 4) is 10.8 Å². The molecule has 6 heteroatoms. The molecular weight excluding hydrogens is 318 g/mol. The van der Waals surface area contributed by atoms with Crippen LogP contribution >= 0.6 is 23.7 Å². The molecule has 0 amide bonds. The van der Waals surface area contributed by atoms with Crippen LogP contribution in [0.2, 0.25) is 0 Å². The Hall–Kier alpha value is -0.880. The van der Waals surface area contributed by atoms with Gasteiger partial charge < -0.3 is 10.2 Å². The summed E-state index contributed by atoms with van der Waals surface area (Å²) in [4.78, 5) is 8.26. The lowest BCUT2D eigenvalue weighted by atomic mass is 9.97. The topological polar surface area (TPSA) is 55.3 Å². The van der Waals surface area contributed by atoms with Gasteiger partial charge in [-0.3, -0.25) is 4.90 Å². The second kappa shape index (κ2) is 7.59. The highest BCUT2D eigenvalue weighted by Crippen LogP contribution is 2.28. The fourth-order valence-electron chi connectivity index (χ4n) is 3.08. The summed E-state index contributed by atoms with van der Waals surface area (Å²) in [6.07, 6.45) is 3.71. The predicted molar refractivity (Wildman–Crippen MR) is 93.5 cm³/mol. The fraction of sp³-hybridized carbons (Fsp3) is 0.562. The second-order valence-electron chi connectivity index (χ2n) is 5.89. The van der Waals surface area contributed by atoms with Crippen molar-refractivity contribution in [1.82, 2.24) is 9.88 Å². The number of aryl methyl sites for hydroxylation is 1. The van der Waals surface area contributed by atoms with E-state index in [1.54, 1.807) is 11.3 Å². The van der Waals surface area contributed by atoms with Gasteiger partial charge in [0.25, 0.3) is 0 Å². The van der Waals surface area contributed by atoms with Gasteiger partial charge in [-0.2, -0.15) is 0 Å². The minimum Gasteiger partial charge on any atom is -0.440 e. The number of nitrogens with two attached hydrogens (primary N) is 1. The van der Waals surface area contributed by atoms with Crippen LogP contribution in [0.4, 0.5) is 0 Å². The summed E-state index contributed by atoms with van der Waals surface area (Å²) in [5, 5.41) is 2.05. The summed E-state index contributed by atoms with van der Waals surface area (Å²) in [6.45, 7) is 6.06. The van der Waals surface area contributed by atoms with E-state index in [1.165, 1.54) is 19.3 Å². The SMILES string of the molecule is Cc1oc(-c2cccs2)nc1CN1CCCCC1C(C)N.Cl. The van der Waals surface area contributed by atoms with E-state index in [2.05, 4.69) is 11.8 Å². The predicted octanol–water partition coefficient (Wildman–Crippen LogP) is 3.84. The Morgan fingerprint density at radius 1 is 1.50 bits per heavy atom. The summed E-state index contributed by atoms with van der Waals surface area (Å²) >= 11 is 1.66. The number of thiophene rings is 1. The summed E-state index contributed by atoms with van der Waals surface area (Å²) in [6, 6.07) is 4.73. The first kappa shape index (κ1) is 17.5. The van der Waals surface area contributed by atoms with Crippen molar-refractivity contribution in [2.24, 2.45) is 5.73 Å². The van der Waals surface area contributed by atoms with Crippen LogP contribution in [0, 0.1) is 6.92 Å². The van der Waals surface area contributed by atoms with Gasteiger partial charge >= 0.3 is 0 Å². The molecule has 2 aromatic heterocycles. The highest BCUT2D eigenvalue weighted by molar-refractivity contribution is 7.13. The van der Waals surface area contributed by atoms with Crippen molar-refractivity contribution in [3.63, 3.8) is 0 Å². The summed E-state index contributed by atoms with van der Waals surface area (Å²) in [7, 11) is 0. The molecule has 2 aromatic rings. The average molecular weight is 342 g/mol. The Labute approximate surface area is 142 Å². The molecule has 0 aromatic carbocycles. The molecule has 0 spiro atoms. The lowest BCUT2D eigenvalue weighted by Crippen LogP contribution is -2.48. The molecule has 0 aliphatic carbocycles. The van der Waals surface area contributed by atoms with Crippen LogP contribution in [0.15, 0.2) is 21.9 Å². The first-order valence-electron chi connectivity index (χ1n) is 7.65. The molecule has 1 fully saturated rings. The molecule has 122 valence electrons. The lowest BCUT2D eigenvalue weighted by molar-refractivity contribution is 0.121. The zero-order valence-corrected chi connectivity index (χ0v) is 14.8. The quantitative estimate of drug-likeness (QED) is 0.918. The average Bonchev–Trinajstić information content (AvgIpc) is 3.10. The van der Waals surface area contributed by atoms with E-state index in [0.29, 0.717) is 6.04 Å².